The molecule has 3 heterocycles. The van der Waals surface area contributed by atoms with Gasteiger partial charge in [-0.15, -0.1) is 11.3 Å². The monoisotopic (exact) mass is 328 g/mol. The largest absolute Gasteiger partial charge is 0.351 e. The maximum Gasteiger partial charge on any atom is 0.223 e. The van der Waals surface area contributed by atoms with Crippen LogP contribution in [0.25, 0.3) is 21.8 Å². The first kappa shape index (κ1) is 13.8. The molecule has 4 rings (SSSR count). The summed E-state index contributed by atoms with van der Waals surface area (Å²) in [6, 6.07) is 2.61. The van der Waals surface area contributed by atoms with Gasteiger partial charge in [-0.3, -0.25) is 0 Å². The van der Waals surface area contributed by atoms with E-state index in [9.17, 15) is 0 Å². The molecule has 22 heavy (non-hydrogen) atoms. The van der Waals surface area contributed by atoms with Gasteiger partial charge in [0.15, 0.2) is 0 Å². The molecular formula is C16H16N4S2. The predicted octanol–water partition coefficient (Wildman–Crippen LogP) is 4.68. The van der Waals surface area contributed by atoms with Gasteiger partial charge < -0.3 is 5.32 Å². The van der Waals surface area contributed by atoms with Crippen molar-refractivity contribution in [1.29, 1.82) is 0 Å². The van der Waals surface area contributed by atoms with Crippen LogP contribution in [0, 0.1) is 0 Å². The van der Waals surface area contributed by atoms with Gasteiger partial charge in [0.1, 0.15) is 10.7 Å². The highest BCUT2D eigenvalue weighted by atomic mass is 32.1. The van der Waals surface area contributed by atoms with Crippen molar-refractivity contribution in [2.24, 2.45) is 0 Å². The average Bonchev–Trinajstić information content (AvgIpc) is 3.30. The minimum absolute atomic E-state index is 0.510. The fourth-order valence-electron chi connectivity index (χ4n) is 2.84. The van der Waals surface area contributed by atoms with Crippen molar-refractivity contribution in [2.75, 3.05) is 5.32 Å². The molecule has 112 valence electrons. The van der Waals surface area contributed by atoms with Crippen molar-refractivity contribution in [1.82, 2.24) is 15.0 Å². The first-order valence-electron chi connectivity index (χ1n) is 7.46. The molecule has 0 aromatic carbocycles. The van der Waals surface area contributed by atoms with Gasteiger partial charge in [0.2, 0.25) is 5.95 Å². The Hall–Kier alpha value is -1.79. The van der Waals surface area contributed by atoms with E-state index in [-0.39, 0.29) is 0 Å². The molecular weight excluding hydrogens is 312 g/mol. The summed E-state index contributed by atoms with van der Waals surface area (Å²) in [6.45, 7) is 0. The molecule has 6 heteroatoms. The third-order valence-electron chi connectivity index (χ3n) is 3.94. The molecule has 1 fully saturated rings. The van der Waals surface area contributed by atoms with Crippen LogP contribution in [0.2, 0.25) is 0 Å². The maximum absolute atomic E-state index is 4.76. The molecule has 1 N–H and O–H groups in total. The lowest BCUT2D eigenvalue weighted by atomic mass is 10.1. The first-order chi connectivity index (χ1) is 10.9. The molecule has 0 atom stereocenters. The van der Waals surface area contributed by atoms with Crippen LogP contribution in [0.4, 0.5) is 5.95 Å². The lowest BCUT2D eigenvalue weighted by molar-refractivity contribution is 0.744. The highest BCUT2D eigenvalue weighted by Gasteiger charge is 2.18. The number of nitrogens with one attached hydrogen (secondary N) is 1. The number of hydrogen-bond donors (Lipinski definition) is 1. The van der Waals surface area contributed by atoms with Crippen LogP contribution >= 0.6 is 22.7 Å². The van der Waals surface area contributed by atoms with Crippen molar-refractivity contribution in [3.05, 3.63) is 34.6 Å². The van der Waals surface area contributed by atoms with E-state index in [2.05, 4.69) is 32.1 Å². The van der Waals surface area contributed by atoms with E-state index in [1.165, 1.54) is 25.7 Å². The zero-order chi connectivity index (χ0) is 14.8. The van der Waals surface area contributed by atoms with Gasteiger partial charge in [0, 0.05) is 29.4 Å². The first-order valence-corrected chi connectivity index (χ1v) is 9.28. The van der Waals surface area contributed by atoms with Crippen LogP contribution in [0.3, 0.4) is 0 Å². The summed E-state index contributed by atoms with van der Waals surface area (Å²) < 4.78 is 0. The van der Waals surface area contributed by atoms with E-state index in [4.69, 9.17) is 4.98 Å². The van der Waals surface area contributed by atoms with Gasteiger partial charge in [-0.2, -0.15) is 11.3 Å². The number of anilines is 1. The summed E-state index contributed by atoms with van der Waals surface area (Å²) in [6.07, 6.45) is 8.76. The zero-order valence-corrected chi connectivity index (χ0v) is 13.7. The van der Waals surface area contributed by atoms with Gasteiger partial charge in [0.05, 0.1) is 0 Å². The lowest BCUT2D eigenvalue weighted by Crippen LogP contribution is -2.16. The second kappa shape index (κ2) is 6.14. The van der Waals surface area contributed by atoms with Gasteiger partial charge in [-0.1, -0.05) is 12.8 Å². The number of aromatic nitrogens is 3. The second-order valence-corrected chi connectivity index (χ2v) is 7.11. The SMILES string of the molecule is c1csc(-c2nc(NC3CCCC3)ncc2-c2ccsc2)n1. The molecule has 0 aliphatic heterocycles. The van der Waals surface area contributed by atoms with E-state index >= 15 is 0 Å². The van der Waals surface area contributed by atoms with Gasteiger partial charge in [-0.05, 0) is 35.2 Å². The average molecular weight is 328 g/mol. The normalized spacial score (nSPS) is 15.3. The Balaban J connectivity index is 1.73. The smallest absolute Gasteiger partial charge is 0.223 e. The summed E-state index contributed by atoms with van der Waals surface area (Å²) in [5, 5.41) is 10.6. The highest BCUT2D eigenvalue weighted by molar-refractivity contribution is 7.13. The van der Waals surface area contributed by atoms with Gasteiger partial charge >= 0.3 is 0 Å². The number of thiophene rings is 1. The third kappa shape index (κ3) is 2.76. The minimum Gasteiger partial charge on any atom is -0.351 e. The van der Waals surface area contributed by atoms with Gasteiger partial charge in [-0.25, -0.2) is 15.0 Å². The Kier molecular flexibility index (Phi) is 3.86. The van der Waals surface area contributed by atoms with E-state index in [0.29, 0.717) is 6.04 Å². The Morgan fingerprint density at radius 1 is 1.14 bits per heavy atom. The van der Waals surface area contributed by atoms with Crippen LogP contribution in [0.5, 0.6) is 0 Å². The molecule has 0 amide bonds. The van der Waals surface area contributed by atoms with Gasteiger partial charge in [0.25, 0.3) is 0 Å². The summed E-state index contributed by atoms with van der Waals surface area (Å²) in [7, 11) is 0. The molecule has 3 aromatic rings. The van der Waals surface area contributed by atoms with Crippen molar-refractivity contribution in [3.8, 4) is 21.8 Å². The third-order valence-corrected chi connectivity index (χ3v) is 5.41. The Morgan fingerprint density at radius 3 is 2.77 bits per heavy atom. The van der Waals surface area contributed by atoms with E-state index < -0.39 is 0 Å². The number of nitrogens with zero attached hydrogens (tertiary/aromatic N) is 3. The molecule has 1 aliphatic carbocycles. The van der Waals surface area contributed by atoms with Crippen LogP contribution in [-0.4, -0.2) is 21.0 Å². The number of rotatable bonds is 4. The van der Waals surface area contributed by atoms with Crippen molar-refractivity contribution < 1.29 is 0 Å². The molecule has 0 radical (unpaired) electrons. The Labute approximate surface area is 137 Å². The standard InChI is InChI=1S/C16H16N4S2/c1-2-4-12(3-1)19-16-18-9-13(11-5-7-21-10-11)14(20-16)15-17-6-8-22-15/h5-10,12H,1-4H2,(H,18,19,20). The van der Waals surface area contributed by atoms with Crippen LogP contribution in [0.15, 0.2) is 34.6 Å². The van der Waals surface area contributed by atoms with Crippen molar-refractivity contribution in [2.45, 2.75) is 31.7 Å². The summed E-state index contributed by atoms with van der Waals surface area (Å²) in [5.74, 6) is 0.719. The molecule has 0 bridgehead atoms. The molecule has 1 aliphatic rings. The highest BCUT2D eigenvalue weighted by Crippen LogP contribution is 2.33. The maximum atomic E-state index is 4.76. The molecule has 0 unspecified atom stereocenters. The molecule has 4 nitrogen and oxygen atoms in total. The molecule has 0 saturated heterocycles. The summed E-state index contributed by atoms with van der Waals surface area (Å²) in [5.41, 5.74) is 3.12. The Morgan fingerprint density at radius 2 is 2.05 bits per heavy atom. The van der Waals surface area contributed by atoms with E-state index in [0.717, 1.165) is 27.8 Å². The summed E-state index contributed by atoms with van der Waals surface area (Å²) >= 11 is 3.30. The fourth-order valence-corrected chi connectivity index (χ4v) is 4.13. The topological polar surface area (TPSA) is 50.7 Å². The Bertz CT molecular complexity index is 732. The minimum atomic E-state index is 0.510. The van der Waals surface area contributed by atoms with Crippen LogP contribution < -0.4 is 5.32 Å². The van der Waals surface area contributed by atoms with Crippen molar-refractivity contribution in [3.63, 3.8) is 0 Å². The van der Waals surface area contributed by atoms with E-state index in [1.54, 1.807) is 22.7 Å². The molecule has 0 spiro atoms. The molecule has 1 saturated carbocycles. The van der Waals surface area contributed by atoms with Crippen LogP contribution in [0.1, 0.15) is 25.7 Å². The molecule has 3 aromatic heterocycles. The summed E-state index contributed by atoms with van der Waals surface area (Å²) in [4.78, 5) is 13.7. The van der Waals surface area contributed by atoms with Crippen LogP contribution in [-0.2, 0) is 0 Å². The van der Waals surface area contributed by atoms with Crippen molar-refractivity contribution >= 4 is 28.6 Å². The second-order valence-electron chi connectivity index (χ2n) is 5.43. The lowest BCUT2D eigenvalue weighted by Gasteiger charge is -2.13. The number of thiazole rings is 1. The quantitative estimate of drug-likeness (QED) is 0.755. The number of hydrogen-bond acceptors (Lipinski definition) is 6. The van der Waals surface area contributed by atoms with E-state index in [1.807, 2.05) is 17.8 Å². The predicted molar refractivity (Wildman–Crippen MR) is 92.3 cm³/mol. The zero-order valence-electron chi connectivity index (χ0n) is 12.0. The fraction of sp³-hybridized carbons (Fsp3) is 0.312.